The molecular formula is C15H19NO2. The second kappa shape index (κ2) is 6.38. The summed E-state index contributed by atoms with van der Waals surface area (Å²) in [6.45, 7) is 1.69. The van der Waals surface area contributed by atoms with Crippen molar-refractivity contribution in [2.45, 2.75) is 19.1 Å². The van der Waals surface area contributed by atoms with E-state index in [1.807, 2.05) is 43.4 Å². The number of hydrogen-bond acceptors (Lipinski definition) is 3. The summed E-state index contributed by atoms with van der Waals surface area (Å²) in [5, 5.41) is 10.1. The predicted octanol–water partition coefficient (Wildman–Crippen LogP) is 2.84. The summed E-state index contributed by atoms with van der Waals surface area (Å²) in [5.74, 6) is 0. The van der Waals surface area contributed by atoms with Gasteiger partial charge in [0.2, 0.25) is 0 Å². The van der Waals surface area contributed by atoms with Crippen LogP contribution in [0.2, 0.25) is 0 Å². The predicted molar refractivity (Wildman–Crippen MR) is 71.1 cm³/mol. The molecule has 0 aliphatic rings. The molecule has 2 rings (SSSR count). The fraction of sp³-hybridized carbons (Fsp3) is 0.333. The molecule has 3 heteroatoms. The Hall–Kier alpha value is -1.58. The average molecular weight is 245 g/mol. The van der Waals surface area contributed by atoms with Crippen molar-refractivity contribution < 1.29 is 9.52 Å². The summed E-state index contributed by atoms with van der Waals surface area (Å²) < 4.78 is 5.03. The molecule has 0 aliphatic heterocycles. The van der Waals surface area contributed by atoms with Gasteiger partial charge in [0.1, 0.15) is 0 Å². The molecule has 18 heavy (non-hydrogen) atoms. The summed E-state index contributed by atoms with van der Waals surface area (Å²) in [4.78, 5) is 2.18. The van der Waals surface area contributed by atoms with E-state index in [0.29, 0.717) is 0 Å². The van der Waals surface area contributed by atoms with Crippen molar-refractivity contribution in [1.29, 1.82) is 0 Å². The first-order valence-electron chi connectivity index (χ1n) is 6.18. The maximum Gasteiger partial charge on any atom is 0.0947 e. The highest BCUT2D eigenvalue weighted by molar-refractivity contribution is 5.17. The Bertz CT molecular complexity index is 439. The van der Waals surface area contributed by atoms with Crippen molar-refractivity contribution >= 4 is 0 Å². The SMILES string of the molecule is CN(CCC(O)c1ccccc1)Cc1ccoc1. The van der Waals surface area contributed by atoms with Crippen molar-refractivity contribution in [3.05, 3.63) is 60.1 Å². The normalized spacial score (nSPS) is 12.8. The first-order chi connectivity index (χ1) is 8.75. The molecule has 2 aromatic rings. The Morgan fingerprint density at radius 1 is 1.22 bits per heavy atom. The van der Waals surface area contributed by atoms with Crippen LogP contribution in [0.3, 0.4) is 0 Å². The van der Waals surface area contributed by atoms with Crippen LogP contribution in [0.5, 0.6) is 0 Å². The number of rotatable bonds is 6. The fourth-order valence-electron chi connectivity index (χ4n) is 1.96. The minimum Gasteiger partial charge on any atom is -0.472 e. The van der Waals surface area contributed by atoms with E-state index in [4.69, 9.17) is 4.42 Å². The summed E-state index contributed by atoms with van der Waals surface area (Å²) in [6.07, 6.45) is 3.78. The van der Waals surface area contributed by atoms with E-state index in [1.54, 1.807) is 12.5 Å². The van der Waals surface area contributed by atoms with Gasteiger partial charge in [0.05, 0.1) is 18.6 Å². The Kier molecular flexibility index (Phi) is 4.56. The molecule has 96 valence electrons. The van der Waals surface area contributed by atoms with Crippen molar-refractivity contribution in [2.24, 2.45) is 0 Å². The van der Waals surface area contributed by atoms with E-state index in [2.05, 4.69) is 4.90 Å². The molecule has 1 heterocycles. The molecule has 0 amide bonds. The van der Waals surface area contributed by atoms with Crippen LogP contribution in [0.1, 0.15) is 23.7 Å². The fourth-order valence-corrected chi connectivity index (χ4v) is 1.96. The summed E-state index contributed by atoms with van der Waals surface area (Å²) in [5.41, 5.74) is 2.14. The maximum atomic E-state index is 10.1. The van der Waals surface area contributed by atoms with Crippen LogP contribution in [-0.2, 0) is 6.54 Å². The topological polar surface area (TPSA) is 36.6 Å². The summed E-state index contributed by atoms with van der Waals surface area (Å²) >= 11 is 0. The van der Waals surface area contributed by atoms with E-state index in [1.165, 1.54) is 0 Å². The third-order valence-electron chi connectivity index (χ3n) is 3.00. The number of aliphatic hydroxyl groups is 1. The molecular weight excluding hydrogens is 226 g/mol. The monoisotopic (exact) mass is 245 g/mol. The Labute approximate surface area is 108 Å². The lowest BCUT2D eigenvalue weighted by molar-refractivity contribution is 0.147. The Balaban J connectivity index is 1.77. The molecule has 1 aromatic carbocycles. The first kappa shape index (κ1) is 12.9. The molecule has 0 bridgehead atoms. The number of aliphatic hydroxyl groups excluding tert-OH is 1. The Morgan fingerprint density at radius 3 is 2.67 bits per heavy atom. The Morgan fingerprint density at radius 2 is 2.00 bits per heavy atom. The van der Waals surface area contributed by atoms with E-state index in [-0.39, 0.29) is 0 Å². The highest BCUT2D eigenvalue weighted by Gasteiger charge is 2.08. The van der Waals surface area contributed by atoms with Gasteiger partial charge in [0, 0.05) is 18.7 Å². The molecule has 0 saturated heterocycles. The highest BCUT2D eigenvalue weighted by atomic mass is 16.3. The average Bonchev–Trinajstić information content (AvgIpc) is 2.90. The molecule has 0 aliphatic carbocycles. The smallest absolute Gasteiger partial charge is 0.0947 e. The molecule has 0 fully saturated rings. The zero-order chi connectivity index (χ0) is 12.8. The lowest BCUT2D eigenvalue weighted by Crippen LogP contribution is -2.20. The number of benzene rings is 1. The second-order valence-corrected chi connectivity index (χ2v) is 4.58. The van der Waals surface area contributed by atoms with Crippen LogP contribution in [0.4, 0.5) is 0 Å². The van der Waals surface area contributed by atoms with Gasteiger partial charge in [0.25, 0.3) is 0 Å². The van der Waals surface area contributed by atoms with Gasteiger partial charge in [-0.3, -0.25) is 0 Å². The van der Waals surface area contributed by atoms with Gasteiger partial charge >= 0.3 is 0 Å². The number of furan rings is 1. The quantitative estimate of drug-likeness (QED) is 0.850. The van der Waals surface area contributed by atoms with Gasteiger partial charge in [0.15, 0.2) is 0 Å². The lowest BCUT2D eigenvalue weighted by atomic mass is 10.1. The van der Waals surface area contributed by atoms with E-state index in [9.17, 15) is 5.11 Å². The van der Waals surface area contributed by atoms with Gasteiger partial charge in [-0.2, -0.15) is 0 Å². The van der Waals surface area contributed by atoms with Crippen LogP contribution < -0.4 is 0 Å². The van der Waals surface area contributed by atoms with Gasteiger partial charge < -0.3 is 14.4 Å². The zero-order valence-electron chi connectivity index (χ0n) is 10.6. The van der Waals surface area contributed by atoms with Crippen LogP contribution >= 0.6 is 0 Å². The van der Waals surface area contributed by atoms with Crippen LogP contribution in [-0.4, -0.2) is 23.6 Å². The van der Waals surface area contributed by atoms with Gasteiger partial charge in [-0.1, -0.05) is 30.3 Å². The molecule has 1 unspecified atom stereocenters. The molecule has 3 nitrogen and oxygen atoms in total. The van der Waals surface area contributed by atoms with Crippen molar-refractivity contribution in [3.63, 3.8) is 0 Å². The van der Waals surface area contributed by atoms with Gasteiger partial charge in [-0.05, 0) is 25.1 Å². The molecule has 1 atom stereocenters. The molecule has 0 radical (unpaired) electrons. The second-order valence-electron chi connectivity index (χ2n) is 4.58. The molecule has 1 aromatic heterocycles. The summed E-state index contributed by atoms with van der Waals surface area (Å²) in [6, 6.07) is 11.7. The van der Waals surface area contributed by atoms with Crippen LogP contribution in [0.25, 0.3) is 0 Å². The van der Waals surface area contributed by atoms with E-state index >= 15 is 0 Å². The molecule has 0 saturated carbocycles. The lowest BCUT2D eigenvalue weighted by Gasteiger charge is -2.18. The third kappa shape index (κ3) is 3.72. The largest absolute Gasteiger partial charge is 0.472 e. The number of hydrogen-bond donors (Lipinski definition) is 1. The van der Waals surface area contributed by atoms with E-state index < -0.39 is 6.10 Å². The van der Waals surface area contributed by atoms with E-state index in [0.717, 1.165) is 30.6 Å². The first-order valence-corrected chi connectivity index (χ1v) is 6.18. The van der Waals surface area contributed by atoms with Crippen LogP contribution in [0, 0.1) is 0 Å². The van der Waals surface area contributed by atoms with Crippen molar-refractivity contribution in [1.82, 2.24) is 4.90 Å². The standard InChI is InChI=1S/C15H19NO2/c1-16(11-13-8-10-18-12-13)9-7-15(17)14-5-3-2-4-6-14/h2-6,8,10,12,15,17H,7,9,11H2,1H3. The minimum absolute atomic E-state index is 0.391. The van der Waals surface area contributed by atoms with Crippen molar-refractivity contribution in [2.75, 3.05) is 13.6 Å². The number of nitrogens with zero attached hydrogens (tertiary/aromatic N) is 1. The third-order valence-corrected chi connectivity index (χ3v) is 3.00. The van der Waals surface area contributed by atoms with Crippen LogP contribution in [0.15, 0.2) is 53.3 Å². The van der Waals surface area contributed by atoms with Gasteiger partial charge in [-0.25, -0.2) is 0 Å². The van der Waals surface area contributed by atoms with Crippen molar-refractivity contribution in [3.8, 4) is 0 Å². The molecule has 0 spiro atoms. The minimum atomic E-state index is -0.391. The molecule has 1 N–H and O–H groups in total. The summed E-state index contributed by atoms with van der Waals surface area (Å²) in [7, 11) is 2.05. The maximum absolute atomic E-state index is 10.1. The highest BCUT2D eigenvalue weighted by Crippen LogP contribution is 2.16. The zero-order valence-corrected chi connectivity index (χ0v) is 10.6. The van der Waals surface area contributed by atoms with Gasteiger partial charge in [-0.15, -0.1) is 0 Å².